The van der Waals surface area contributed by atoms with Gasteiger partial charge in [0.15, 0.2) is 5.82 Å². The van der Waals surface area contributed by atoms with Crippen molar-refractivity contribution in [2.24, 2.45) is 5.73 Å². The first-order chi connectivity index (χ1) is 8.83. The number of hydrogen-bond donors (Lipinski definition) is 1. The summed E-state index contributed by atoms with van der Waals surface area (Å²) in [5, 5.41) is 6.05. The number of nitrogens with zero attached hydrogens (tertiary/aromatic N) is 2. The Hall–Kier alpha value is -1.24. The minimum Gasteiger partial charge on any atom is -0.381 e. The molecule has 0 radical (unpaired) electrons. The Balaban J connectivity index is 1.72. The molecule has 1 saturated heterocycles. The minimum atomic E-state index is 0.0309. The van der Waals surface area contributed by atoms with Gasteiger partial charge in [0, 0.05) is 23.9 Å². The molecular weight excluding hydrogens is 250 g/mol. The number of rotatable bonds is 3. The van der Waals surface area contributed by atoms with Crippen LogP contribution in [-0.4, -0.2) is 29.4 Å². The highest BCUT2D eigenvalue weighted by Gasteiger charge is 2.29. The van der Waals surface area contributed by atoms with Gasteiger partial charge in [-0.05, 0) is 17.9 Å². The molecule has 18 heavy (non-hydrogen) atoms. The summed E-state index contributed by atoms with van der Waals surface area (Å²) in [6.45, 7) is 1.29. The molecule has 96 valence electrons. The van der Waals surface area contributed by atoms with E-state index in [1.165, 1.54) is 4.88 Å². The van der Waals surface area contributed by atoms with E-state index in [2.05, 4.69) is 16.2 Å². The van der Waals surface area contributed by atoms with Gasteiger partial charge >= 0.3 is 0 Å². The molecule has 2 atom stereocenters. The highest BCUT2D eigenvalue weighted by molar-refractivity contribution is 7.09. The summed E-state index contributed by atoms with van der Waals surface area (Å²) in [5.41, 5.74) is 6.05. The SMILES string of the molecule is NC1CCOCC1c1nc(Cc2cccs2)no1. The maximum atomic E-state index is 6.05. The van der Waals surface area contributed by atoms with Crippen LogP contribution in [0.1, 0.15) is 28.9 Å². The van der Waals surface area contributed by atoms with E-state index in [1.54, 1.807) is 11.3 Å². The van der Waals surface area contributed by atoms with Gasteiger partial charge in [-0.15, -0.1) is 11.3 Å². The van der Waals surface area contributed by atoms with Gasteiger partial charge in [0.05, 0.1) is 12.5 Å². The van der Waals surface area contributed by atoms with Crippen LogP contribution in [0, 0.1) is 0 Å². The molecule has 1 fully saturated rings. The van der Waals surface area contributed by atoms with Crippen LogP contribution in [0.3, 0.4) is 0 Å². The first kappa shape index (κ1) is 11.8. The third kappa shape index (κ3) is 2.45. The van der Waals surface area contributed by atoms with E-state index in [-0.39, 0.29) is 12.0 Å². The Morgan fingerprint density at radius 2 is 2.44 bits per heavy atom. The van der Waals surface area contributed by atoms with Crippen molar-refractivity contribution in [1.29, 1.82) is 0 Å². The molecule has 6 heteroatoms. The van der Waals surface area contributed by atoms with Gasteiger partial charge in [-0.25, -0.2) is 0 Å². The normalized spacial score (nSPS) is 24.3. The van der Waals surface area contributed by atoms with Crippen molar-refractivity contribution < 1.29 is 9.26 Å². The van der Waals surface area contributed by atoms with E-state index in [9.17, 15) is 0 Å². The van der Waals surface area contributed by atoms with Crippen LogP contribution in [0.25, 0.3) is 0 Å². The van der Waals surface area contributed by atoms with Crippen molar-refractivity contribution in [3.05, 3.63) is 34.1 Å². The van der Waals surface area contributed by atoms with Gasteiger partial charge in [0.1, 0.15) is 0 Å². The highest BCUT2D eigenvalue weighted by Crippen LogP contribution is 2.23. The van der Waals surface area contributed by atoms with Crippen molar-refractivity contribution in [3.63, 3.8) is 0 Å². The average molecular weight is 265 g/mol. The van der Waals surface area contributed by atoms with Crippen molar-refractivity contribution in [2.75, 3.05) is 13.2 Å². The van der Waals surface area contributed by atoms with Crippen LogP contribution in [-0.2, 0) is 11.2 Å². The molecule has 5 nitrogen and oxygen atoms in total. The van der Waals surface area contributed by atoms with E-state index in [0.29, 0.717) is 31.3 Å². The fourth-order valence-corrected chi connectivity index (χ4v) is 2.77. The van der Waals surface area contributed by atoms with Crippen LogP contribution >= 0.6 is 11.3 Å². The molecule has 2 unspecified atom stereocenters. The molecule has 0 spiro atoms. The summed E-state index contributed by atoms with van der Waals surface area (Å²) < 4.78 is 10.7. The lowest BCUT2D eigenvalue weighted by atomic mass is 9.97. The lowest BCUT2D eigenvalue weighted by Crippen LogP contribution is -2.37. The van der Waals surface area contributed by atoms with Gasteiger partial charge < -0.3 is 15.0 Å². The predicted molar refractivity (Wildman–Crippen MR) is 67.6 cm³/mol. The molecule has 0 aromatic carbocycles. The van der Waals surface area contributed by atoms with Crippen LogP contribution in [0.4, 0.5) is 0 Å². The quantitative estimate of drug-likeness (QED) is 0.911. The zero-order chi connectivity index (χ0) is 12.4. The molecular formula is C12H15N3O2S. The molecule has 2 N–H and O–H groups in total. The Bertz CT molecular complexity index is 497. The average Bonchev–Trinajstić information content (AvgIpc) is 3.02. The number of thiophene rings is 1. The topological polar surface area (TPSA) is 74.2 Å². The molecule has 3 rings (SSSR count). The molecule has 0 bridgehead atoms. The lowest BCUT2D eigenvalue weighted by molar-refractivity contribution is 0.0590. The third-order valence-electron chi connectivity index (χ3n) is 3.12. The monoisotopic (exact) mass is 265 g/mol. The van der Waals surface area contributed by atoms with Gasteiger partial charge in [-0.2, -0.15) is 4.98 Å². The Labute approximate surface area is 109 Å². The predicted octanol–water partition coefficient (Wildman–Crippen LogP) is 1.55. The summed E-state index contributed by atoms with van der Waals surface area (Å²) in [7, 11) is 0. The first-order valence-electron chi connectivity index (χ1n) is 6.01. The van der Waals surface area contributed by atoms with Crippen LogP contribution < -0.4 is 5.73 Å². The third-order valence-corrected chi connectivity index (χ3v) is 4.00. The van der Waals surface area contributed by atoms with Crippen molar-refractivity contribution in [1.82, 2.24) is 10.1 Å². The van der Waals surface area contributed by atoms with E-state index in [0.717, 1.165) is 6.42 Å². The fraction of sp³-hybridized carbons (Fsp3) is 0.500. The summed E-state index contributed by atoms with van der Waals surface area (Å²) >= 11 is 1.69. The first-order valence-corrected chi connectivity index (χ1v) is 6.89. The number of hydrogen-bond acceptors (Lipinski definition) is 6. The highest BCUT2D eigenvalue weighted by atomic mass is 32.1. The van der Waals surface area contributed by atoms with Gasteiger partial charge in [-0.3, -0.25) is 0 Å². The summed E-state index contributed by atoms with van der Waals surface area (Å²) in [5.74, 6) is 1.35. The molecule has 3 heterocycles. The molecule has 2 aromatic heterocycles. The van der Waals surface area contributed by atoms with Gasteiger partial charge in [-0.1, -0.05) is 11.2 Å². The summed E-state index contributed by atoms with van der Waals surface area (Å²) in [6.07, 6.45) is 1.55. The Morgan fingerprint density at radius 3 is 3.22 bits per heavy atom. The van der Waals surface area contributed by atoms with E-state index in [4.69, 9.17) is 15.0 Å². The minimum absolute atomic E-state index is 0.0309. The van der Waals surface area contributed by atoms with Crippen molar-refractivity contribution >= 4 is 11.3 Å². The van der Waals surface area contributed by atoms with Crippen molar-refractivity contribution in [2.45, 2.75) is 24.8 Å². The van der Waals surface area contributed by atoms with Gasteiger partial charge in [0.2, 0.25) is 5.89 Å². The zero-order valence-corrected chi connectivity index (χ0v) is 10.7. The molecule has 1 aliphatic rings. The lowest BCUT2D eigenvalue weighted by Gasteiger charge is -2.25. The molecule has 0 aliphatic carbocycles. The van der Waals surface area contributed by atoms with Crippen LogP contribution in [0.2, 0.25) is 0 Å². The maximum absolute atomic E-state index is 6.05. The number of ether oxygens (including phenoxy) is 1. The second-order valence-corrected chi connectivity index (χ2v) is 5.47. The van der Waals surface area contributed by atoms with Crippen molar-refractivity contribution in [3.8, 4) is 0 Å². The molecule has 0 saturated carbocycles. The maximum Gasteiger partial charge on any atom is 0.233 e. The standard InChI is InChI=1S/C12H15N3O2S/c13-10-3-4-16-7-9(10)12-14-11(15-17-12)6-8-2-1-5-18-8/h1-2,5,9-10H,3-4,6-7,13H2. The van der Waals surface area contributed by atoms with E-state index < -0.39 is 0 Å². The number of aromatic nitrogens is 2. The Kier molecular flexibility index (Phi) is 3.40. The van der Waals surface area contributed by atoms with Gasteiger partial charge in [0.25, 0.3) is 0 Å². The zero-order valence-electron chi connectivity index (χ0n) is 9.91. The Morgan fingerprint density at radius 1 is 1.50 bits per heavy atom. The smallest absolute Gasteiger partial charge is 0.233 e. The molecule has 1 aliphatic heterocycles. The van der Waals surface area contributed by atoms with Crippen LogP contribution in [0.15, 0.2) is 22.0 Å². The second kappa shape index (κ2) is 5.17. The molecule has 0 amide bonds. The largest absolute Gasteiger partial charge is 0.381 e. The number of nitrogens with two attached hydrogens (primary N) is 1. The summed E-state index contributed by atoms with van der Waals surface area (Å²) in [6, 6.07) is 4.14. The van der Waals surface area contributed by atoms with Crippen LogP contribution in [0.5, 0.6) is 0 Å². The van der Waals surface area contributed by atoms with E-state index >= 15 is 0 Å². The fourth-order valence-electron chi connectivity index (χ4n) is 2.07. The molecule has 2 aromatic rings. The van der Waals surface area contributed by atoms with E-state index in [1.807, 2.05) is 11.4 Å². The summed E-state index contributed by atoms with van der Waals surface area (Å²) in [4.78, 5) is 5.66. The second-order valence-electron chi connectivity index (χ2n) is 4.44.